The van der Waals surface area contributed by atoms with Gasteiger partial charge in [0.2, 0.25) is 0 Å². The Kier molecular flexibility index (Phi) is 5.09. The summed E-state index contributed by atoms with van der Waals surface area (Å²) in [6.07, 6.45) is 1.02. The molecule has 3 aromatic rings. The largest absolute Gasteiger partial charge is 0.497 e. The molecular formula is C23H25NO5. The monoisotopic (exact) mass is 395 g/mol. The van der Waals surface area contributed by atoms with Gasteiger partial charge in [-0.1, -0.05) is 0 Å². The lowest BCUT2D eigenvalue weighted by Gasteiger charge is -2.13. The second kappa shape index (κ2) is 7.70. The third-order valence-corrected chi connectivity index (χ3v) is 5.17. The van der Waals surface area contributed by atoms with Gasteiger partial charge < -0.3 is 23.9 Å². The van der Waals surface area contributed by atoms with E-state index in [1.54, 1.807) is 7.11 Å². The normalized spacial score (nSPS) is 15.1. The Balaban J connectivity index is 1.56. The Labute approximate surface area is 169 Å². The lowest BCUT2D eigenvalue weighted by atomic mass is 10.1. The molecule has 0 saturated heterocycles. The highest BCUT2D eigenvalue weighted by molar-refractivity contribution is 5.99. The minimum absolute atomic E-state index is 0.152. The Morgan fingerprint density at radius 1 is 1.28 bits per heavy atom. The lowest BCUT2D eigenvalue weighted by Crippen LogP contribution is -2.23. The van der Waals surface area contributed by atoms with Crippen molar-refractivity contribution < 1.29 is 23.4 Å². The molecule has 1 aliphatic heterocycles. The van der Waals surface area contributed by atoms with E-state index in [-0.39, 0.29) is 12.0 Å². The van der Waals surface area contributed by atoms with Gasteiger partial charge >= 0.3 is 0 Å². The summed E-state index contributed by atoms with van der Waals surface area (Å²) in [6.45, 7) is 6.73. The highest BCUT2D eigenvalue weighted by atomic mass is 16.5. The molecule has 1 atom stereocenters. The number of hydrogen-bond acceptors (Lipinski definition) is 5. The van der Waals surface area contributed by atoms with Gasteiger partial charge in [0.05, 0.1) is 13.7 Å². The van der Waals surface area contributed by atoms with E-state index in [4.69, 9.17) is 18.6 Å². The molecule has 0 bridgehead atoms. The zero-order chi connectivity index (χ0) is 20.5. The fourth-order valence-electron chi connectivity index (χ4n) is 3.71. The number of amides is 1. The number of methoxy groups -OCH3 is 1. The minimum Gasteiger partial charge on any atom is -0.497 e. The molecule has 4 rings (SSSR count). The maximum atomic E-state index is 12.8. The quantitative estimate of drug-likeness (QED) is 0.670. The minimum atomic E-state index is -0.269. The number of furan rings is 1. The maximum absolute atomic E-state index is 12.8. The van der Waals surface area contributed by atoms with Gasteiger partial charge in [-0.15, -0.1) is 0 Å². The van der Waals surface area contributed by atoms with Crippen molar-refractivity contribution in [2.45, 2.75) is 39.8 Å². The molecule has 0 saturated carbocycles. The van der Waals surface area contributed by atoms with Crippen molar-refractivity contribution in [2.75, 3.05) is 13.7 Å². The molecule has 2 aromatic carbocycles. The van der Waals surface area contributed by atoms with Gasteiger partial charge in [0.25, 0.3) is 5.91 Å². The fourth-order valence-corrected chi connectivity index (χ4v) is 3.71. The van der Waals surface area contributed by atoms with Gasteiger partial charge in [-0.2, -0.15) is 0 Å². The summed E-state index contributed by atoms with van der Waals surface area (Å²) in [5.74, 6) is 2.39. The summed E-state index contributed by atoms with van der Waals surface area (Å²) in [5.41, 5.74) is 3.46. The van der Waals surface area contributed by atoms with E-state index < -0.39 is 0 Å². The summed E-state index contributed by atoms with van der Waals surface area (Å²) >= 11 is 0. The Bertz CT molecular complexity index is 1070. The van der Waals surface area contributed by atoms with Crippen molar-refractivity contribution in [2.24, 2.45) is 0 Å². The number of hydrogen-bond donors (Lipinski definition) is 1. The lowest BCUT2D eigenvalue weighted by molar-refractivity contribution is 0.0924. The van der Waals surface area contributed by atoms with Crippen LogP contribution < -0.4 is 19.5 Å². The Morgan fingerprint density at radius 3 is 2.86 bits per heavy atom. The number of fused-ring (bicyclic) bond motifs is 2. The highest BCUT2D eigenvalue weighted by Gasteiger charge is 2.23. The Morgan fingerprint density at radius 2 is 2.10 bits per heavy atom. The smallest absolute Gasteiger partial charge is 0.287 e. The summed E-state index contributed by atoms with van der Waals surface area (Å²) in [5, 5.41) is 3.81. The molecule has 1 amide bonds. The van der Waals surface area contributed by atoms with Gasteiger partial charge in [0.15, 0.2) is 5.76 Å². The van der Waals surface area contributed by atoms with Crippen molar-refractivity contribution in [1.82, 2.24) is 5.32 Å². The zero-order valence-electron chi connectivity index (χ0n) is 17.1. The number of nitrogens with one attached hydrogen (secondary N) is 1. The predicted octanol–water partition coefficient (Wildman–Crippen LogP) is 4.40. The van der Waals surface area contributed by atoms with Gasteiger partial charge in [-0.05, 0) is 51.1 Å². The van der Waals surface area contributed by atoms with Crippen LogP contribution in [0.15, 0.2) is 34.7 Å². The van der Waals surface area contributed by atoms with Crippen molar-refractivity contribution in [3.8, 4) is 17.2 Å². The average molecular weight is 395 g/mol. The molecule has 1 N–H and O–H groups in total. The number of ether oxygens (including phenoxy) is 3. The molecule has 29 heavy (non-hydrogen) atoms. The first-order chi connectivity index (χ1) is 14.0. The van der Waals surface area contributed by atoms with Crippen molar-refractivity contribution >= 4 is 16.9 Å². The van der Waals surface area contributed by atoms with E-state index in [1.165, 1.54) is 0 Å². The van der Waals surface area contributed by atoms with Crippen LogP contribution in [0.2, 0.25) is 0 Å². The molecule has 6 nitrogen and oxygen atoms in total. The van der Waals surface area contributed by atoms with E-state index in [1.807, 2.05) is 51.1 Å². The van der Waals surface area contributed by atoms with Crippen LogP contribution in [0.4, 0.5) is 0 Å². The first-order valence-corrected chi connectivity index (χ1v) is 9.80. The molecule has 0 spiro atoms. The van der Waals surface area contributed by atoms with Crippen LogP contribution >= 0.6 is 0 Å². The first-order valence-electron chi connectivity index (χ1n) is 9.80. The summed E-state index contributed by atoms with van der Waals surface area (Å²) < 4.78 is 22.7. The second-order valence-electron chi connectivity index (χ2n) is 7.23. The van der Waals surface area contributed by atoms with E-state index in [0.29, 0.717) is 24.5 Å². The Hall–Kier alpha value is -3.15. The number of benzene rings is 2. The number of aryl methyl sites for hydroxylation is 1. The second-order valence-corrected chi connectivity index (χ2v) is 7.23. The van der Waals surface area contributed by atoms with Crippen LogP contribution in [-0.4, -0.2) is 25.7 Å². The van der Waals surface area contributed by atoms with Gasteiger partial charge in [0.1, 0.15) is 28.9 Å². The van der Waals surface area contributed by atoms with Crippen LogP contribution in [-0.2, 0) is 13.0 Å². The van der Waals surface area contributed by atoms with Gasteiger partial charge in [0, 0.05) is 35.0 Å². The topological polar surface area (TPSA) is 69.9 Å². The van der Waals surface area contributed by atoms with E-state index >= 15 is 0 Å². The number of carbonyl (C=O) groups excluding carboxylic acids is 1. The third-order valence-electron chi connectivity index (χ3n) is 5.17. The highest BCUT2D eigenvalue weighted by Crippen LogP contribution is 2.35. The molecule has 2 heterocycles. The summed E-state index contributed by atoms with van der Waals surface area (Å²) in [6, 6.07) is 9.47. The van der Waals surface area contributed by atoms with E-state index in [9.17, 15) is 4.79 Å². The van der Waals surface area contributed by atoms with Crippen LogP contribution in [0.5, 0.6) is 17.2 Å². The predicted molar refractivity (Wildman–Crippen MR) is 110 cm³/mol. The van der Waals surface area contributed by atoms with E-state index in [0.717, 1.165) is 45.7 Å². The molecule has 0 radical (unpaired) electrons. The molecule has 1 aromatic heterocycles. The number of carbonyl (C=O) groups is 1. The molecule has 1 aliphatic rings. The maximum Gasteiger partial charge on any atom is 0.287 e. The molecular weight excluding hydrogens is 370 g/mol. The standard InChI is InChI=1S/C23H25NO5/c1-5-27-20-9-15-8-13(2)28-21(15)10-16(20)12-24-23(25)22-14(3)18-11-17(26-4)6-7-19(18)29-22/h6-7,9-11,13H,5,8,12H2,1-4H3,(H,24,25)/t13-/m0/s1. The summed E-state index contributed by atoms with van der Waals surface area (Å²) in [7, 11) is 1.61. The molecule has 0 aliphatic carbocycles. The fraction of sp³-hybridized carbons (Fsp3) is 0.348. The van der Waals surface area contributed by atoms with Crippen molar-refractivity contribution in [1.29, 1.82) is 0 Å². The van der Waals surface area contributed by atoms with Crippen LogP contribution in [0.25, 0.3) is 11.0 Å². The summed E-state index contributed by atoms with van der Waals surface area (Å²) in [4.78, 5) is 12.8. The SMILES string of the molecule is CCOc1cc2c(cc1CNC(=O)c1oc3ccc(OC)cc3c1C)O[C@@H](C)C2. The van der Waals surface area contributed by atoms with Crippen molar-refractivity contribution in [3.63, 3.8) is 0 Å². The molecule has 6 heteroatoms. The van der Waals surface area contributed by atoms with Gasteiger partial charge in [-0.3, -0.25) is 4.79 Å². The van der Waals surface area contributed by atoms with Crippen molar-refractivity contribution in [3.05, 3.63) is 52.8 Å². The third kappa shape index (κ3) is 3.62. The number of rotatable bonds is 6. The van der Waals surface area contributed by atoms with Crippen LogP contribution in [0.1, 0.15) is 41.1 Å². The van der Waals surface area contributed by atoms with Crippen LogP contribution in [0, 0.1) is 6.92 Å². The molecule has 0 unspecified atom stereocenters. The molecule has 152 valence electrons. The van der Waals surface area contributed by atoms with E-state index in [2.05, 4.69) is 5.32 Å². The average Bonchev–Trinajstić information content (AvgIpc) is 3.24. The van der Waals surface area contributed by atoms with Crippen LogP contribution in [0.3, 0.4) is 0 Å². The molecule has 0 fully saturated rings. The first kappa shape index (κ1) is 19.2. The zero-order valence-corrected chi connectivity index (χ0v) is 17.1. The van der Waals surface area contributed by atoms with Gasteiger partial charge in [-0.25, -0.2) is 0 Å².